The van der Waals surface area contributed by atoms with Gasteiger partial charge in [-0.25, -0.2) is 4.79 Å². The number of hydrogen-bond donors (Lipinski definition) is 2. The third kappa shape index (κ3) is 4.61. The predicted octanol–water partition coefficient (Wildman–Crippen LogP) is 3.30. The van der Waals surface area contributed by atoms with Crippen molar-refractivity contribution < 1.29 is 14.6 Å². The molecule has 2 N–H and O–H groups in total. The van der Waals surface area contributed by atoms with Crippen LogP contribution in [-0.2, 0) is 4.74 Å². The molecule has 1 fully saturated rings. The highest BCUT2D eigenvalue weighted by atomic mass is 16.6. The molecule has 0 spiro atoms. The summed E-state index contributed by atoms with van der Waals surface area (Å²) in [4.78, 5) is 14.1. The highest BCUT2D eigenvalue weighted by molar-refractivity contribution is 5.68. The van der Waals surface area contributed by atoms with Crippen LogP contribution >= 0.6 is 0 Å². The number of rotatable bonds is 3. The lowest BCUT2D eigenvalue weighted by atomic mass is 9.86. The molecule has 0 bridgehead atoms. The van der Waals surface area contributed by atoms with Gasteiger partial charge in [-0.15, -0.1) is 0 Å². The van der Waals surface area contributed by atoms with Gasteiger partial charge in [-0.05, 0) is 52.6 Å². The fourth-order valence-corrected chi connectivity index (χ4v) is 3.17. The first-order chi connectivity index (χ1) is 10.8. The number of hydrogen-bond acceptors (Lipinski definition) is 4. The molecule has 2 rings (SSSR count). The number of amides is 1. The number of benzene rings is 1. The number of ether oxygens (including phenoxy) is 1. The number of para-hydroxylation sites is 1. The Morgan fingerprint density at radius 1 is 1.39 bits per heavy atom. The van der Waals surface area contributed by atoms with Crippen LogP contribution in [0.5, 0.6) is 5.75 Å². The number of likely N-dealkylation sites (tertiary alicyclic amines) is 1. The zero-order valence-electron chi connectivity index (χ0n) is 14.5. The quantitative estimate of drug-likeness (QED) is 0.897. The molecule has 1 aliphatic heterocycles. The lowest BCUT2D eigenvalue weighted by Gasteiger charge is -2.37. The fourth-order valence-electron chi connectivity index (χ4n) is 3.17. The van der Waals surface area contributed by atoms with E-state index in [2.05, 4.69) is 5.32 Å². The van der Waals surface area contributed by atoms with E-state index in [9.17, 15) is 9.90 Å². The Balaban J connectivity index is 2.10. The zero-order chi connectivity index (χ0) is 17.0. The summed E-state index contributed by atoms with van der Waals surface area (Å²) in [5.41, 5.74) is 0.399. The molecule has 0 radical (unpaired) electrons. The molecule has 1 aromatic rings. The molecule has 1 aromatic carbocycles. The van der Waals surface area contributed by atoms with E-state index >= 15 is 0 Å². The van der Waals surface area contributed by atoms with Gasteiger partial charge in [0.25, 0.3) is 0 Å². The summed E-state index contributed by atoms with van der Waals surface area (Å²) in [6, 6.07) is 7.39. The molecule has 1 saturated heterocycles. The van der Waals surface area contributed by atoms with Crippen molar-refractivity contribution in [2.45, 2.75) is 45.3 Å². The van der Waals surface area contributed by atoms with Crippen LogP contribution in [0.3, 0.4) is 0 Å². The van der Waals surface area contributed by atoms with Crippen molar-refractivity contribution in [3.8, 4) is 5.75 Å². The molecule has 1 aliphatic rings. The van der Waals surface area contributed by atoms with Crippen LogP contribution in [0, 0.1) is 5.92 Å². The second-order valence-electron chi connectivity index (χ2n) is 7.15. The van der Waals surface area contributed by atoms with E-state index in [0.717, 1.165) is 24.9 Å². The lowest BCUT2D eigenvalue weighted by molar-refractivity contribution is 0.0145. The Kier molecular flexibility index (Phi) is 5.52. The first kappa shape index (κ1) is 17.6. The Labute approximate surface area is 138 Å². The number of carbonyl (C=O) groups is 1. The van der Waals surface area contributed by atoms with Gasteiger partial charge in [0.1, 0.15) is 11.4 Å². The van der Waals surface area contributed by atoms with E-state index in [1.165, 1.54) is 0 Å². The van der Waals surface area contributed by atoms with Crippen LogP contribution in [-0.4, -0.2) is 41.8 Å². The van der Waals surface area contributed by atoms with Crippen molar-refractivity contribution in [2.24, 2.45) is 5.92 Å². The van der Waals surface area contributed by atoms with E-state index in [0.29, 0.717) is 12.3 Å². The second-order valence-corrected chi connectivity index (χ2v) is 7.15. The number of piperidine rings is 1. The maximum Gasteiger partial charge on any atom is 0.410 e. The van der Waals surface area contributed by atoms with Crippen molar-refractivity contribution in [2.75, 3.05) is 20.1 Å². The number of aromatic hydroxyl groups is 1. The normalized spacial score (nSPS) is 20.2. The lowest BCUT2D eigenvalue weighted by Crippen LogP contribution is -2.45. The van der Waals surface area contributed by atoms with Gasteiger partial charge in [-0.3, -0.25) is 0 Å². The predicted molar refractivity (Wildman–Crippen MR) is 90.4 cm³/mol. The van der Waals surface area contributed by atoms with Crippen LogP contribution in [0.1, 0.15) is 45.2 Å². The maximum absolute atomic E-state index is 12.3. The van der Waals surface area contributed by atoms with Crippen molar-refractivity contribution in [1.82, 2.24) is 10.2 Å². The third-order valence-electron chi connectivity index (χ3n) is 4.16. The number of phenolic OH excluding ortho intramolecular Hbond substituents is 1. The van der Waals surface area contributed by atoms with Crippen LogP contribution in [0.25, 0.3) is 0 Å². The largest absolute Gasteiger partial charge is 0.508 e. The van der Waals surface area contributed by atoms with Crippen molar-refractivity contribution in [1.29, 1.82) is 0 Å². The number of nitrogens with one attached hydrogen (secondary N) is 1. The molecule has 5 nitrogen and oxygen atoms in total. The van der Waals surface area contributed by atoms with Gasteiger partial charge in [0.15, 0.2) is 0 Å². The summed E-state index contributed by atoms with van der Waals surface area (Å²) in [6.07, 6.45) is 1.70. The van der Waals surface area contributed by atoms with Crippen LogP contribution in [0.15, 0.2) is 24.3 Å². The highest BCUT2D eigenvalue weighted by Gasteiger charge is 2.32. The minimum atomic E-state index is -0.482. The van der Waals surface area contributed by atoms with E-state index in [1.807, 2.05) is 46.0 Å². The second kappa shape index (κ2) is 7.21. The van der Waals surface area contributed by atoms with Crippen molar-refractivity contribution >= 4 is 6.09 Å². The Bertz CT molecular complexity index is 539. The minimum Gasteiger partial charge on any atom is -0.508 e. The van der Waals surface area contributed by atoms with Crippen LogP contribution in [0.2, 0.25) is 0 Å². The highest BCUT2D eigenvalue weighted by Crippen LogP contribution is 2.34. The molecule has 2 unspecified atom stereocenters. The molecule has 5 heteroatoms. The fraction of sp³-hybridized carbons (Fsp3) is 0.611. The smallest absolute Gasteiger partial charge is 0.410 e. The topological polar surface area (TPSA) is 61.8 Å². The molecular formula is C18H28N2O3. The number of nitrogens with zero attached hydrogens (tertiary/aromatic N) is 1. The van der Waals surface area contributed by atoms with Gasteiger partial charge in [-0.1, -0.05) is 18.2 Å². The SMILES string of the molecule is CNC(c1ccccc1O)C1CCCN(C(=O)OC(C)(C)C)C1. The Morgan fingerprint density at radius 2 is 2.09 bits per heavy atom. The van der Waals surface area contributed by atoms with Crippen molar-refractivity contribution in [3.05, 3.63) is 29.8 Å². The van der Waals surface area contributed by atoms with E-state index in [1.54, 1.807) is 11.0 Å². The van der Waals surface area contributed by atoms with Gasteiger partial charge in [0, 0.05) is 24.7 Å². The maximum atomic E-state index is 12.3. The van der Waals surface area contributed by atoms with E-state index < -0.39 is 5.60 Å². The van der Waals surface area contributed by atoms with Gasteiger partial charge < -0.3 is 20.1 Å². The summed E-state index contributed by atoms with van der Waals surface area (Å²) in [6.45, 7) is 7.00. The molecule has 1 heterocycles. The van der Waals surface area contributed by atoms with E-state index in [-0.39, 0.29) is 18.1 Å². The minimum absolute atomic E-state index is 0.0152. The molecular weight excluding hydrogens is 292 g/mol. The molecule has 0 saturated carbocycles. The van der Waals surface area contributed by atoms with Gasteiger partial charge in [-0.2, -0.15) is 0 Å². The molecule has 128 valence electrons. The van der Waals surface area contributed by atoms with Gasteiger partial charge in [0.05, 0.1) is 0 Å². The molecule has 0 aromatic heterocycles. The third-order valence-corrected chi connectivity index (χ3v) is 4.16. The van der Waals surface area contributed by atoms with Crippen LogP contribution in [0.4, 0.5) is 4.79 Å². The zero-order valence-corrected chi connectivity index (χ0v) is 14.5. The van der Waals surface area contributed by atoms with E-state index in [4.69, 9.17) is 4.74 Å². The molecule has 1 amide bonds. The average molecular weight is 320 g/mol. The van der Waals surface area contributed by atoms with Crippen molar-refractivity contribution in [3.63, 3.8) is 0 Å². The summed E-state index contributed by atoms with van der Waals surface area (Å²) in [5.74, 6) is 0.538. The first-order valence-electron chi connectivity index (χ1n) is 8.25. The van der Waals surface area contributed by atoms with Gasteiger partial charge >= 0.3 is 6.09 Å². The number of phenols is 1. The molecule has 2 atom stereocenters. The standard InChI is InChI=1S/C18H28N2O3/c1-18(2,3)23-17(22)20-11-7-8-13(12-20)16(19-4)14-9-5-6-10-15(14)21/h5-6,9-10,13,16,19,21H,7-8,11-12H2,1-4H3. The monoisotopic (exact) mass is 320 g/mol. The average Bonchev–Trinajstić information content (AvgIpc) is 2.48. The summed E-state index contributed by atoms with van der Waals surface area (Å²) in [5, 5.41) is 13.4. The summed E-state index contributed by atoms with van der Waals surface area (Å²) >= 11 is 0. The first-order valence-corrected chi connectivity index (χ1v) is 8.25. The molecule has 23 heavy (non-hydrogen) atoms. The summed E-state index contributed by atoms with van der Waals surface area (Å²) < 4.78 is 5.49. The number of carbonyl (C=O) groups excluding carboxylic acids is 1. The van der Waals surface area contributed by atoms with Crippen LogP contribution < -0.4 is 5.32 Å². The summed E-state index contributed by atoms with van der Waals surface area (Å²) in [7, 11) is 1.89. The Morgan fingerprint density at radius 3 is 2.70 bits per heavy atom. The Hall–Kier alpha value is -1.75. The molecule has 0 aliphatic carbocycles. The van der Waals surface area contributed by atoms with Gasteiger partial charge in [0.2, 0.25) is 0 Å².